The van der Waals surface area contributed by atoms with Crippen molar-refractivity contribution in [3.8, 4) is 0 Å². The molecule has 0 radical (unpaired) electrons. The van der Waals surface area contributed by atoms with Gasteiger partial charge in [0.2, 0.25) is 0 Å². The molecule has 0 unspecified atom stereocenters. The standard InChI is InChI=1S/C16H21N5O/c1-10-14(11(2)20-19-10)8-18-16(22)15-7-17-6-12-9-21(3)5-4-13(12)15/h6-7H,4-5,8-9H2,1-3H3,(H,18,22)(H,19,20). The Balaban J connectivity index is 1.77. The molecule has 0 saturated heterocycles. The Labute approximate surface area is 129 Å². The first-order valence-corrected chi connectivity index (χ1v) is 7.49. The number of hydrogen-bond acceptors (Lipinski definition) is 4. The lowest BCUT2D eigenvalue weighted by Gasteiger charge is -2.26. The van der Waals surface area contributed by atoms with E-state index in [9.17, 15) is 4.79 Å². The molecule has 0 bridgehead atoms. The molecular formula is C16H21N5O. The van der Waals surface area contributed by atoms with Gasteiger partial charge in [0.15, 0.2) is 0 Å². The van der Waals surface area contributed by atoms with Crippen molar-refractivity contribution in [2.45, 2.75) is 33.4 Å². The van der Waals surface area contributed by atoms with Crippen LogP contribution in [-0.4, -0.2) is 39.6 Å². The molecule has 6 heteroatoms. The van der Waals surface area contributed by atoms with Gasteiger partial charge in [-0.15, -0.1) is 0 Å². The number of amides is 1. The summed E-state index contributed by atoms with van der Waals surface area (Å²) in [6, 6.07) is 0. The van der Waals surface area contributed by atoms with E-state index in [1.807, 2.05) is 20.0 Å². The van der Waals surface area contributed by atoms with E-state index in [1.54, 1.807) is 6.20 Å². The molecule has 1 amide bonds. The molecule has 3 heterocycles. The van der Waals surface area contributed by atoms with Gasteiger partial charge in [-0.2, -0.15) is 5.10 Å². The molecule has 0 spiro atoms. The first-order chi connectivity index (χ1) is 10.6. The van der Waals surface area contributed by atoms with Gasteiger partial charge >= 0.3 is 0 Å². The summed E-state index contributed by atoms with van der Waals surface area (Å²) in [4.78, 5) is 19.0. The van der Waals surface area contributed by atoms with Crippen LogP contribution in [0.5, 0.6) is 0 Å². The van der Waals surface area contributed by atoms with Crippen LogP contribution in [0, 0.1) is 13.8 Å². The highest BCUT2D eigenvalue weighted by molar-refractivity contribution is 5.95. The van der Waals surface area contributed by atoms with E-state index < -0.39 is 0 Å². The van der Waals surface area contributed by atoms with Gasteiger partial charge in [-0.05, 0) is 38.4 Å². The number of aromatic amines is 1. The van der Waals surface area contributed by atoms with Gasteiger partial charge in [0, 0.05) is 43.3 Å². The first kappa shape index (κ1) is 14.7. The summed E-state index contributed by atoms with van der Waals surface area (Å²) in [6.45, 7) is 6.20. The summed E-state index contributed by atoms with van der Waals surface area (Å²) >= 11 is 0. The number of pyridine rings is 1. The number of aromatic nitrogens is 3. The lowest BCUT2D eigenvalue weighted by molar-refractivity contribution is 0.0948. The first-order valence-electron chi connectivity index (χ1n) is 7.49. The number of nitrogens with one attached hydrogen (secondary N) is 2. The number of nitrogens with zero attached hydrogens (tertiary/aromatic N) is 3. The third kappa shape index (κ3) is 2.74. The highest BCUT2D eigenvalue weighted by atomic mass is 16.1. The third-order valence-electron chi connectivity index (χ3n) is 4.28. The molecule has 2 aromatic heterocycles. The molecule has 0 aromatic carbocycles. The topological polar surface area (TPSA) is 73.9 Å². The quantitative estimate of drug-likeness (QED) is 0.897. The van der Waals surface area contributed by atoms with Crippen LogP contribution in [0.15, 0.2) is 12.4 Å². The lowest BCUT2D eigenvalue weighted by atomic mass is 9.97. The maximum absolute atomic E-state index is 12.5. The van der Waals surface area contributed by atoms with Gasteiger partial charge in [0.05, 0.1) is 11.3 Å². The van der Waals surface area contributed by atoms with Gasteiger partial charge in [0.1, 0.15) is 0 Å². The second-order valence-corrected chi connectivity index (χ2v) is 5.91. The molecule has 2 N–H and O–H groups in total. The minimum absolute atomic E-state index is 0.0612. The Morgan fingerprint density at radius 3 is 2.95 bits per heavy atom. The minimum atomic E-state index is -0.0612. The highest BCUT2D eigenvalue weighted by Gasteiger charge is 2.20. The monoisotopic (exact) mass is 299 g/mol. The number of carbonyl (C=O) groups excluding carboxylic acids is 1. The van der Waals surface area contributed by atoms with Crippen LogP contribution >= 0.6 is 0 Å². The molecule has 22 heavy (non-hydrogen) atoms. The summed E-state index contributed by atoms with van der Waals surface area (Å²) in [6.07, 6.45) is 4.43. The van der Waals surface area contributed by atoms with Crippen molar-refractivity contribution in [1.82, 2.24) is 25.4 Å². The van der Waals surface area contributed by atoms with E-state index >= 15 is 0 Å². The molecule has 0 saturated carbocycles. The van der Waals surface area contributed by atoms with Crippen LogP contribution in [0.25, 0.3) is 0 Å². The fraction of sp³-hybridized carbons (Fsp3) is 0.438. The maximum Gasteiger partial charge on any atom is 0.253 e. The van der Waals surface area contributed by atoms with Gasteiger partial charge in [-0.1, -0.05) is 0 Å². The zero-order valence-electron chi connectivity index (χ0n) is 13.2. The van der Waals surface area contributed by atoms with E-state index in [0.29, 0.717) is 12.1 Å². The van der Waals surface area contributed by atoms with Gasteiger partial charge in [-0.3, -0.25) is 14.9 Å². The Morgan fingerprint density at radius 2 is 2.23 bits per heavy atom. The van der Waals surface area contributed by atoms with Crippen molar-refractivity contribution in [2.24, 2.45) is 0 Å². The fourth-order valence-electron chi connectivity index (χ4n) is 2.93. The molecule has 0 aliphatic carbocycles. The van der Waals surface area contributed by atoms with Crippen molar-refractivity contribution in [3.63, 3.8) is 0 Å². The molecule has 1 aliphatic rings. The third-order valence-corrected chi connectivity index (χ3v) is 4.28. The second kappa shape index (κ2) is 5.88. The molecule has 6 nitrogen and oxygen atoms in total. The Kier molecular flexibility index (Phi) is 3.94. The molecular weight excluding hydrogens is 278 g/mol. The molecule has 2 aromatic rings. The molecule has 0 atom stereocenters. The number of aryl methyl sites for hydroxylation is 2. The predicted molar refractivity (Wildman–Crippen MR) is 83.5 cm³/mol. The molecule has 1 aliphatic heterocycles. The zero-order chi connectivity index (χ0) is 15.7. The largest absolute Gasteiger partial charge is 0.348 e. The zero-order valence-corrected chi connectivity index (χ0v) is 13.2. The Morgan fingerprint density at radius 1 is 1.41 bits per heavy atom. The van der Waals surface area contributed by atoms with Crippen molar-refractivity contribution < 1.29 is 4.79 Å². The average Bonchev–Trinajstić information content (AvgIpc) is 2.82. The number of fused-ring (bicyclic) bond motifs is 1. The van der Waals surface area contributed by atoms with Gasteiger partial charge < -0.3 is 10.2 Å². The number of hydrogen-bond donors (Lipinski definition) is 2. The summed E-state index contributed by atoms with van der Waals surface area (Å²) in [5.41, 5.74) is 5.94. The van der Waals surface area contributed by atoms with Crippen molar-refractivity contribution in [3.05, 3.63) is 46.0 Å². The van der Waals surface area contributed by atoms with Crippen molar-refractivity contribution >= 4 is 5.91 Å². The fourth-order valence-corrected chi connectivity index (χ4v) is 2.93. The average molecular weight is 299 g/mol. The number of carbonyl (C=O) groups is 1. The van der Waals surface area contributed by atoms with Crippen molar-refractivity contribution in [2.75, 3.05) is 13.6 Å². The van der Waals surface area contributed by atoms with E-state index in [0.717, 1.165) is 47.6 Å². The van der Waals surface area contributed by atoms with Crippen LogP contribution in [0.3, 0.4) is 0 Å². The molecule has 3 rings (SSSR count). The highest BCUT2D eigenvalue weighted by Crippen LogP contribution is 2.20. The van der Waals surface area contributed by atoms with Crippen LogP contribution in [0.4, 0.5) is 0 Å². The summed E-state index contributed by atoms with van der Waals surface area (Å²) < 4.78 is 0. The van der Waals surface area contributed by atoms with E-state index in [-0.39, 0.29) is 5.91 Å². The Bertz CT molecular complexity index is 687. The van der Waals surface area contributed by atoms with E-state index in [4.69, 9.17) is 0 Å². The summed E-state index contributed by atoms with van der Waals surface area (Å²) in [7, 11) is 2.08. The Hall–Kier alpha value is -2.21. The van der Waals surface area contributed by atoms with Crippen molar-refractivity contribution in [1.29, 1.82) is 0 Å². The number of H-pyrrole nitrogens is 1. The smallest absolute Gasteiger partial charge is 0.253 e. The molecule has 116 valence electrons. The van der Waals surface area contributed by atoms with Crippen LogP contribution in [-0.2, 0) is 19.5 Å². The van der Waals surface area contributed by atoms with Crippen LogP contribution < -0.4 is 5.32 Å². The van der Waals surface area contributed by atoms with E-state index in [2.05, 4.69) is 32.4 Å². The van der Waals surface area contributed by atoms with E-state index in [1.165, 1.54) is 0 Å². The molecule has 0 fully saturated rings. The summed E-state index contributed by atoms with van der Waals surface area (Å²) in [5, 5.41) is 10.1. The lowest BCUT2D eigenvalue weighted by Crippen LogP contribution is -2.31. The van der Waals surface area contributed by atoms with Gasteiger partial charge in [0.25, 0.3) is 5.91 Å². The normalized spacial score (nSPS) is 14.7. The summed E-state index contributed by atoms with van der Waals surface area (Å²) in [5.74, 6) is -0.0612. The van der Waals surface area contributed by atoms with Crippen LogP contribution in [0.2, 0.25) is 0 Å². The number of rotatable bonds is 3. The number of likely N-dealkylation sites (N-methyl/N-ethyl adjacent to an activating group) is 1. The minimum Gasteiger partial charge on any atom is -0.348 e. The predicted octanol–water partition coefficient (Wildman–Crippen LogP) is 1.34. The second-order valence-electron chi connectivity index (χ2n) is 5.91. The van der Waals surface area contributed by atoms with Crippen LogP contribution in [0.1, 0.15) is 38.4 Å². The van der Waals surface area contributed by atoms with Gasteiger partial charge in [-0.25, -0.2) is 0 Å². The SMILES string of the molecule is Cc1n[nH]c(C)c1CNC(=O)c1cncc2c1CCN(C)C2. The maximum atomic E-state index is 12.5.